The molecule has 2 heterocycles. The third-order valence-electron chi connectivity index (χ3n) is 4.40. The quantitative estimate of drug-likeness (QED) is 0.795. The maximum absolute atomic E-state index is 12.4. The van der Waals surface area contributed by atoms with Crippen molar-refractivity contribution in [3.63, 3.8) is 0 Å². The zero-order valence-electron chi connectivity index (χ0n) is 12.0. The van der Waals surface area contributed by atoms with Gasteiger partial charge in [-0.2, -0.15) is 0 Å². The van der Waals surface area contributed by atoms with Crippen LogP contribution in [-0.2, 0) is 4.79 Å². The molecule has 104 valence electrons. The summed E-state index contributed by atoms with van der Waals surface area (Å²) in [5.41, 5.74) is -0.0270. The third kappa shape index (κ3) is 3.23. The predicted molar refractivity (Wildman–Crippen MR) is 73.5 cm³/mol. The first-order valence-corrected chi connectivity index (χ1v) is 7.19. The van der Waals surface area contributed by atoms with Gasteiger partial charge in [0.25, 0.3) is 0 Å². The molecular weight excluding hydrogens is 226 g/mol. The van der Waals surface area contributed by atoms with Gasteiger partial charge in [0.1, 0.15) is 0 Å². The number of hydrogen-bond donors (Lipinski definition) is 1. The Kier molecular flexibility index (Phi) is 4.28. The minimum absolute atomic E-state index is 0.0270. The van der Waals surface area contributed by atoms with Gasteiger partial charge < -0.3 is 15.1 Å². The van der Waals surface area contributed by atoms with E-state index in [9.17, 15) is 4.79 Å². The highest BCUT2D eigenvalue weighted by Crippen LogP contribution is 2.24. The number of amides is 1. The van der Waals surface area contributed by atoms with Crippen LogP contribution in [0.5, 0.6) is 0 Å². The van der Waals surface area contributed by atoms with Gasteiger partial charge in [0.15, 0.2) is 0 Å². The summed E-state index contributed by atoms with van der Waals surface area (Å²) in [4.78, 5) is 16.9. The van der Waals surface area contributed by atoms with E-state index in [-0.39, 0.29) is 5.54 Å². The highest BCUT2D eigenvalue weighted by atomic mass is 16.2. The van der Waals surface area contributed by atoms with Crippen molar-refractivity contribution in [3.05, 3.63) is 0 Å². The molecule has 0 bridgehead atoms. The standard InChI is InChI=1S/C14H27N3O/c1-14(2)11-15-6-9-17(14)13(18)10-12-4-7-16(3)8-5-12/h12,15H,4-11H2,1-3H3. The molecule has 4 nitrogen and oxygen atoms in total. The van der Waals surface area contributed by atoms with Gasteiger partial charge in [-0.3, -0.25) is 4.79 Å². The lowest BCUT2D eigenvalue weighted by molar-refractivity contribution is -0.139. The summed E-state index contributed by atoms with van der Waals surface area (Å²) in [6.07, 6.45) is 3.10. The minimum Gasteiger partial charge on any atom is -0.335 e. The maximum atomic E-state index is 12.4. The maximum Gasteiger partial charge on any atom is 0.223 e. The summed E-state index contributed by atoms with van der Waals surface area (Å²) in [7, 11) is 2.16. The largest absolute Gasteiger partial charge is 0.335 e. The van der Waals surface area contributed by atoms with Crippen molar-refractivity contribution >= 4 is 5.91 Å². The van der Waals surface area contributed by atoms with Crippen LogP contribution in [0.4, 0.5) is 0 Å². The first-order chi connectivity index (χ1) is 8.49. The molecule has 2 aliphatic heterocycles. The Balaban J connectivity index is 1.87. The molecule has 0 aromatic carbocycles. The molecule has 0 saturated carbocycles. The molecule has 4 heteroatoms. The van der Waals surface area contributed by atoms with Crippen LogP contribution in [0.25, 0.3) is 0 Å². The Morgan fingerprint density at radius 1 is 1.28 bits per heavy atom. The molecule has 0 atom stereocenters. The summed E-state index contributed by atoms with van der Waals surface area (Å²) in [5, 5.41) is 3.37. The molecular formula is C14H27N3O. The van der Waals surface area contributed by atoms with Crippen molar-refractivity contribution < 1.29 is 4.79 Å². The van der Waals surface area contributed by atoms with Gasteiger partial charge in [0.05, 0.1) is 0 Å². The van der Waals surface area contributed by atoms with E-state index in [0.29, 0.717) is 11.8 Å². The van der Waals surface area contributed by atoms with Crippen LogP contribution in [0.15, 0.2) is 0 Å². The smallest absolute Gasteiger partial charge is 0.223 e. The van der Waals surface area contributed by atoms with Crippen LogP contribution in [0.3, 0.4) is 0 Å². The van der Waals surface area contributed by atoms with Crippen molar-refractivity contribution in [1.82, 2.24) is 15.1 Å². The molecule has 2 saturated heterocycles. The monoisotopic (exact) mass is 253 g/mol. The van der Waals surface area contributed by atoms with Crippen molar-refractivity contribution in [1.29, 1.82) is 0 Å². The van der Waals surface area contributed by atoms with Gasteiger partial charge in [-0.1, -0.05) is 0 Å². The molecule has 1 N–H and O–H groups in total. The van der Waals surface area contributed by atoms with E-state index in [1.54, 1.807) is 0 Å². The van der Waals surface area contributed by atoms with E-state index >= 15 is 0 Å². The lowest BCUT2D eigenvalue weighted by Gasteiger charge is -2.43. The lowest BCUT2D eigenvalue weighted by Crippen LogP contribution is -2.60. The Morgan fingerprint density at radius 3 is 2.56 bits per heavy atom. The van der Waals surface area contributed by atoms with E-state index in [4.69, 9.17) is 0 Å². The normalized spacial score (nSPS) is 26.3. The number of piperidine rings is 1. The van der Waals surface area contributed by atoms with E-state index in [0.717, 1.165) is 39.1 Å². The van der Waals surface area contributed by atoms with E-state index < -0.39 is 0 Å². The Morgan fingerprint density at radius 2 is 1.94 bits per heavy atom. The fraction of sp³-hybridized carbons (Fsp3) is 0.929. The SMILES string of the molecule is CN1CCC(CC(=O)N2CCNCC2(C)C)CC1. The van der Waals surface area contributed by atoms with Crippen LogP contribution >= 0.6 is 0 Å². The van der Waals surface area contributed by atoms with Gasteiger partial charge in [-0.05, 0) is 52.7 Å². The second kappa shape index (κ2) is 5.57. The molecule has 0 aromatic rings. The number of likely N-dealkylation sites (tertiary alicyclic amines) is 1. The molecule has 2 aliphatic rings. The molecule has 18 heavy (non-hydrogen) atoms. The number of hydrogen-bond acceptors (Lipinski definition) is 3. The highest BCUT2D eigenvalue weighted by molar-refractivity contribution is 5.77. The topological polar surface area (TPSA) is 35.6 Å². The summed E-state index contributed by atoms with van der Waals surface area (Å²) >= 11 is 0. The summed E-state index contributed by atoms with van der Waals surface area (Å²) < 4.78 is 0. The van der Waals surface area contributed by atoms with Crippen LogP contribution in [-0.4, -0.2) is 61.0 Å². The van der Waals surface area contributed by atoms with Crippen molar-refractivity contribution in [2.75, 3.05) is 39.8 Å². The van der Waals surface area contributed by atoms with E-state index in [1.807, 2.05) is 0 Å². The molecule has 0 unspecified atom stereocenters. The second-order valence-electron chi connectivity index (χ2n) is 6.49. The molecule has 2 rings (SSSR count). The molecule has 0 aromatic heterocycles. The van der Waals surface area contributed by atoms with Crippen LogP contribution in [0.1, 0.15) is 33.1 Å². The molecule has 2 fully saturated rings. The van der Waals surface area contributed by atoms with E-state index in [2.05, 4.69) is 36.0 Å². The molecule has 0 radical (unpaired) electrons. The first-order valence-electron chi connectivity index (χ1n) is 7.19. The number of carbonyl (C=O) groups is 1. The summed E-state index contributed by atoms with van der Waals surface area (Å²) in [6, 6.07) is 0. The molecule has 1 amide bonds. The van der Waals surface area contributed by atoms with Gasteiger partial charge in [0.2, 0.25) is 5.91 Å². The number of nitrogens with one attached hydrogen (secondary N) is 1. The number of carbonyl (C=O) groups excluding carboxylic acids is 1. The van der Waals surface area contributed by atoms with E-state index in [1.165, 1.54) is 12.8 Å². The number of nitrogens with zero attached hydrogens (tertiary/aromatic N) is 2. The molecule has 0 aliphatic carbocycles. The zero-order chi connectivity index (χ0) is 13.2. The summed E-state index contributed by atoms with van der Waals surface area (Å²) in [6.45, 7) is 9.30. The van der Waals surface area contributed by atoms with Crippen LogP contribution < -0.4 is 5.32 Å². The lowest BCUT2D eigenvalue weighted by atomic mass is 9.91. The van der Waals surface area contributed by atoms with Crippen molar-refractivity contribution in [2.24, 2.45) is 5.92 Å². The van der Waals surface area contributed by atoms with Gasteiger partial charge >= 0.3 is 0 Å². The number of piperazine rings is 1. The highest BCUT2D eigenvalue weighted by Gasteiger charge is 2.34. The average molecular weight is 253 g/mol. The van der Waals surface area contributed by atoms with Crippen molar-refractivity contribution in [2.45, 2.75) is 38.6 Å². The number of rotatable bonds is 2. The van der Waals surface area contributed by atoms with Crippen LogP contribution in [0.2, 0.25) is 0 Å². The Bertz CT molecular complexity index is 295. The van der Waals surface area contributed by atoms with Gasteiger partial charge in [-0.25, -0.2) is 0 Å². The third-order valence-corrected chi connectivity index (χ3v) is 4.40. The zero-order valence-corrected chi connectivity index (χ0v) is 12.0. The molecule has 0 spiro atoms. The Hall–Kier alpha value is -0.610. The fourth-order valence-electron chi connectivity index (χ4n) is 3.07. The Labute approximate surface area is 111 Å². The van der Waals surface area contributed by atoms with Crippen molar-refractivity contribution in [3.8, 4) is 0 Å². The predicted octanol–water partition coefficient (Wildman–Crippen LogP) is 0.929. The fourth-order valence-corrected chi connectivity index (χ4v) is 3.07. The summed E-state index contributed by atoms with van der Waals surface area (Å²) in [5.74, 6) is 0.954. The minimum atomic E-state index is -0.0270. The van der Waals surface area contributed by atoms with Crippen LogP contribution in [0, 0.1) is 5.92 Å². The average Bonchev–Trinajstić information content (AvgIpc) is 2.31. The van der Waals surface area contributed by atoms with Gasteiger partial charge in [-0.15, -0.1) is 0 Å². The van der Waals surface area contributed by atoms with Gasteiger partial charge in [0, 0.05) is 31.6 Å². The second-order valence-corrected chi connectivity index (χ2v) is 6.49. The first kappa shape index (κ1) is 13.8.